The van der Waals surface area contributed by atoms with Crippen LogP contribution < -0.4 is 14.2 Å². The highest BCUT2D eigenvalue weighted by Gasteiger charge is 2.13. The number of hydrogen-bond donors (Lipinski definition) is 0. The van der Waals surface area contributed by atoms with Crippen LogP contribution >= 0.6 is 0 Å². The van der Waals surface area contributed by atoms with Crippen LogP contribution in [0.25, 0.3) is 11.0 Å². The Labute approximate surface area is 208 Å². The van der Waals surface area contributed by atoms with E-state index in [4.69, 9.17) is 19.2 Å². The summed E-state index contributed by atoms with van der Waals surface area (Å²) in [5.74, 6) is 3.68. The van der Waals surface area contributed by atoms with Gasteiger partial charge in [0.25, 0.3) is 0 Å². The highest BCUT2D eigenvalue weighted by atomic mass is 16.5. The van der Waals surface area contributed by atoms with Crippen molar-refractivity contribution >= 4 is 11.0 Å². The molecule has 0 N–H and O–H groups in total. The number of methoxy groups -OCH3 is 1. The highest BCUT2D eigenvalue weighted by molar-refractivity contribution is 5.75. The molecule has 0 aliphatic rings. The lowest BCUT2D eigenvalue weighted by molar-refractivity contribution is 0.261. The standard InChI is InChI=1S/C30H34N2O3/c1-5-9-23-12-17-28(29(20-23)33-4)35-21-30-31-26-10-7-8-11-27(26)32(30)18-19-34-25-15-13-24(14-16-25)22(3)6-2/h5,7-8,10-17,20,22H,1,6,9,18-19,21H2,2-4H3. The molecular weight excluding hydrogens is 436 g/mol. The first-order valence-electron chi connectivity index (χ1n) is 12.2. The topological polar surface area (TPSA) is 45.5 Å². The van der Waals surface area contributed by atoms with Gasteiger partial charge in [0.2, 0.25) is 0 Å². The number of allylic oxidation sites excluding steroid dienone is 1. The number of nitrogens with zero attached hydrogens (tertiary/aromatic N) is 2. The van der Waals surface area contributed by atoms with Gasteiger partial charge in [-0.1, -0.05) is 50.3 Å². The van der Waals surface area contributed by atoms with E-state index in [1.165, 1.54) is 5.56 Å². The zero-order chi connectivity index (χ0) is 24.6. The van der Waals surface area contributed by atoms with Crippen LogP contribution in [0.1, 0.15) is 43.1 Å². The number of imidazole rings is 1. The maximum Gasteiger partial charge on any atom is 0.161 e. The SMILES string of the molecule is C=CCc1ccc(OCc2nc3ccccc3n2CCOc2ccc(C(C)CC)cc2)c(OC)c1. The van der Waals surface area contributed by atoms with Crippen molar-refractivity contribution in [2.45, 2.75) is 45.8 Å². The van der Waals surface area contributed by atoms with Gasteiger partial charge in [0.1, 0.15) is 24.8 Å². The molecule has 0 fully saturated rings. The van der Waals surface area contributed by atoms with E-state index in [2.05, 4.69) is 55.3 Å². The molecule has 0 aliphatic carbocycles. The molecule has 1 atom stereocenters. The maximum atomic E-state index is 6.15. The van der Waals surface area contributed by atoms with Crippen molar-refractivity contribution in [3.63, 3.8) is 0 Å². The fraction of sp³-hybridized carbons (Fsp3) is 0.300. The molecule has 0 amide bonds. The first kappa shape index (κ1) is 24.4. The lowest BCUT2D eigenvalue weighted by Gasteiger charge is -2.14. The van der Waals surface area contributed by atoms with Crippen LogP contribution in [0.2, 0.25) is 0 Å². The van der Waals surface area contributed by atoms with E-state index < -0.39 is 0 Å². The minimum Gasteiger partial charge on any atom is -0.493 e. The van der Waals surface area contributed by atoms with Gasteiger partial charge in [-0.05, 0) is 66.3 Å². The van der Waals surface area contributed by atoms with E-state index in [1.54, 1.807) is 7.11 Å². The van der Waals surface area contributed by atoms with Gasteiger partial charge in [0.15, 0.2) is 11.5 Å². The van der Waals surface area contributed by atoms with E-state index in [9.17, 15) is 0 Å². The first-order valence-corrected chi connectivity index (χ1v) is 12.2. The maximum absolute atomic E-state index is 6.15. The van der Waals surface area contributed by atoms with Crippen LogP contribution in [-0.2, 0) is 19.6 Å². The number of benzene rings is 3. The van der Waals surface area contributed by atoms with Crippen molar-refractivity contribution in [3.8, 4) is 17.2 Å². The number of aromatic nitrogens is 2. The van der Waals surface area contributed by atoms with Crippen molar-refractivity contribution in [3.05, 3.63) is 96.3 Å². The zero-order valence-electron chi connectivity index (χ0n) is 20.9. The summed E-state index contributed by atoms with van der Waals surface area (Å²) in [6.07, 6.45) is 3.79. The second-order valence-corrected chi connectivity index (χ2v) is 8.66. The molecule has 1 aromatic heterocycles. The molecule has 35 heavy (non-hydrogen) atoms. The fourth-order valence-electron chi connectivity index (χ4n) is 4.14. The van der Waals surface area contributed by atoms with Gasteiger partial charge in [-0.15, -0.1) is 6.58 Å². The Bertz CT molecular complexity index is 1260. The molecule has 4 rings (SSSR count). The number of rotatable bonds is 12. The third-order valence-corrected chi connectivity index (χ3v) is 6.34. The van der Waals surface area contributed by atoms with Crippen molar-refractivity contribution < 1.29 is 14.2 Å². The molecule has 5 nitrogen and oxygen atoms in total. The van der Waals surface area contributed by atoms with Gasteiger partial charge in [0.05, 0.1) is 24.7 Å². The van der Waals surface area contributed by atoms with Crippen molar-refractivity contribution in [1.82, 2.24) is 9.55 Å². The van der Waals surface area contributed by atoms with Crippen LogP contribution in [0.5, 0.6) is 17.2 Å². The number of para-hydroxylation sites is 2. The van der Waals surface area contributed by atoms with Gasteiger partial charge >= 0.3 is 0 Å². The summed E-state index contributed by atoms with van der Waals surface area (Å²) in [4.78, 5) is 4.82. The Balaban J connectivity index is 1.47. The molecule has 0 bridgehead atoms. The van der Waals surface area contributed by atoms with Crippen LogP contribution in [0, 0.1) is 0 Å². The highest BCUT2D eigenvalue weighted by Crippen LogP contribution is 2.29. The quantitative estimate of drug-likeness (QED) is 0.210. The molecule has 182 valence electrons. The van der Waals surface area contributed by atoms with Crippen molar-refractivity contribution in [2.24, 2.45) is 0 Å². The molecule has 0 spiro atoms. The molecule has 0 aliphatic heterocycles. The molecule has 0 radical (unpaired) electrons. The Morgan fingerprint density at radius 3 is 2.54 bits per heavy atom. The Hall–Kier alpha value is -3.73. The van der Waals surface area contributed by atoms with E-state index in [1.807, 2.05) is 42.5 Å². The van der Waals surface area contributed by atoms with Gasteiger partial charge in [-0.3, -0.25) is 0 Å². The summed E-state index contributed by atoms with van der Waals surface area (Å²) in [7, 11) is 1.65. The average Bonchev–Trinajstić information content (AvgIpc) is 3.25. The molecule has 0 saturated heterocycles. The van der Waals surface area contributed by atoms with Crippen LogP contribution in [0.4, 0.5) is 0 Å². The zero-order valence-corrected chi connectivity index (χ0v) is 20.9. The van der Waals surface area contributed by atoms with Crippen LogP contribution in [0.15, 0.2) is 79.4 Å². The molecule has 0 saturated carbocycles. The van der Waals surface area contributed by atoms with E-state index in [0.717, 1.165) is 41.0 Å². The summed E-state index contributed by atoms with van der Waals surface area (Å²) in [5, 5.41) is 0. The third kappa shape index (κ3) is 5.86. The predicted octanol–water partition coefficient (Wildman–Crippen LogP) is 6.94. The van der Waals surface area contributed by atoms with E-state index in [0.29, 0.717) is 37.2 Å². The van der Waals surface area contributed by atoms with Crippen LogP contribution in [-0.4, -0.2) is 23.3 Å². The molecular formula is C30H34N2O3. The molecule has 5 heteroatoms. The Kier molecular flexibility index (Phi) is 8.09. The second kappa shape index (κ2) is 11.6. The number of fused-ring (bicyclic) bond motifs is 1. The predicted molar refractivity (Wildman–Crippen MR) is 142 cm³/mol. The first-order chi connectivity index (χ1) is 17.1. The van der Waals surface area contributed by atoms with Gasteiger partial charge in [0, 0.05) is 0 Å². The van der Waals surface area contributed by atoms with Gasteiger partial charge < -0.3 is 18.8 Å². The lowest BCUT2D eigenvalue weighted by Crippen LogP contribution is -2.13. The van der Waals surface area contributed by atoms with E-state index in [-0.39, 0.29) is 0 Å². The summed E-state index contributed by atoms with van der Waals surface area (Å²) in [6.45, 7) is 9.79. The average molecular weight is 471 g/mol. The van der Waals surface area contributed by atoms with Gasteiger partial charge in [-0.25, -0.2) is 4.98 Å². The smallest absolute Gasteiger partial charge is 0.161 e. The second-order valence-electron chi connectivity index (χ2n) is 8.66. The monoisotopic (exact) mass is 470 g/mol. The normalized spacial score (nSPS) is 11.9. The molecule has 1 unspecified atom stereocenters. The number of hydrogen-bond acceptors (Lipinski definition) is 4. The Morgan fingerprint density at radius 2 is 1.80 bits per heavy atom. The van der Waals surface area contributed by atoms with E-state index >= 15 is 0 Å². The lowest BCUT2D eigenvalue weighted by atomic mass is 9.99. The minimum atomic E-state index is 0.329. The summed E-state index contributed by atoms with van der Waals surface area (Å²) >= 11 is 0. The molecule has 3 aromatic carbocycles. The summed E-state index contributed by atoms with van der Waals surface area (Å²) in [6, 6.07) is 22.5. The largest absolute Gasteiger partial charge is 0.493 e. The third-order valence-electron chi connectivity index (χ3n) is 6.34. The van der Waals surface area contributed by atoms with Crippen molar-refractivity contribution in [2.75, 3.05) is 13.7 Å². The Morgan fingerprint density at radius 1 is 1.00 bits per heavy atom. The minimum absolute atomic E-state index is 0.329. The molecule has 4 aromatic rings. The van der Waals surface area contributed by atoms with Crippen molar-refractivity contribution in [1.29, 1.82) is 0 Å². The number of ether oxygens (including phenoxy) is 3. The summed E-state index contributed by atoms with van der Waals surface area (Å²) < 4.78 is 19.9. The fourth-order valence-corrected chi connectivity index (χ4v) is 4.14. The molecule has 1 heterocycles. The van der Waals surface area contributed by atoms with Gasteiger partial charge in [-0.2, -0.15) is 0 Å². The summed E-state index contributed by atoms with van der Waals surface area (Å²) in [5.41, 5.74) is 4.48. The van der Waals surface area contributed by atoms with Crippen LogP contribution in [0.3, 0.4) is 0 Å².